The summed E-state index contributed by atoms with van der Waals surface area (Å²) in [5.41, 5.74) is 2.18. The molecule has 1 aromatic carbocycles. The quantitative estimate of drug-likeness (QED) is 0.651. The Morgan fingerprint density at radius 3 is 2.88 bits per heavy atom. The number of hydrogen-bond donors (Lipinski definition) is 2. The third-order valence-corrected chi connectivity index (χ3v) is 5.45. The predicted molar refractivity (Wildman–Crippen MR) is 107 cm³/mol. The van der Waals surface area contributed by atoms with E-state index in [1.54, 1.807) is 0 Å². The molecule has 0 spiro atoms. The number of H-pyrrole nitrogens is 1. The van der Waals surface area contributed by atoms with Gasteiger partial charge >= 0.3 is 0 Å². The Balaban J connectivity index is 1.71. The molecule has 1 fully saturated rings. The molecule has 3 rings (SSSR count). The zero-order valence-electron chi connectivity index (χ0n) is 15.2. The van der Waals surface area contributed by atoms with Crippen LogP contribution in [0.3, 0.4) is 0 Å². The highest BCUT2D eigenvalue weighted by Crippen LogP contribution is 2.29. The van der Waals surface area contributed by atoms with Crippen LogP contribution in [-0.4, -0.2) is 51.0 Å². The number of aromatic nitrogens is 2. The molecule has 6 heteroatoms. The summed E-state index contributed by atoms with van der Waals surface area (Å²) in [5.74, 6) is 3.00. The molecular formula is C19H27N5S. The van der Waals surface area contributed by atoms with Crippen molar-refractivity contribution in [3.8, 4) is 11.3 Å². The van der Waals surface area contributed by atoms with Crippen LogP contribution in [0, 0.1) is 0 Å². The first-order valence-corrected chi connectivity index (χ1v) is 9.82. The van der Waals surface area contributed by atoms with Crippen molar-refractivity contribution in [2.45, 2.75) is 32.1 Å². The molecule has 2 heterocycles. The van der Waals surface area contributed by atoms with Gasteiger partial charge in [-0.15, -0.1) is 0 Å². The molecule has 0 unspecified atom stereocenters. The first-order chi connectivity index (χ1) is 12.1. The molecule has 1 saturated heterocycles. The molecule has 1 aliphatic heterocycles. The van der Waals surface area contributed by atoms with Crippen molar-refractivity contribution in [2.24, 2.45) is 4.99 Å². The summed E-state index contributed by atoms with van der Waals surface area (Å²) in [5, 5.41) is 3.42. The number of rotatable bonds is 4. The number of imidazole rings is 1. The van der Waals surface area contributed by atoms with Crippen LogP contribution in [0.4, 0.5) is 0 Å². The van der Waals surface area contributed by atoms with Crippen molar-refractivity contribution in [1.29, 1.82) is 0 Å². The Labute approximate surface area is 154 Å². The van der Waals surface area contributed by atoms with Gasteiger partial charge in [0, 0.05) is 30.1 Å². The Kier molecular flexibility index (Phi) is 5.68. The molecule has 2 aromatic rings. The first kappa shape index (κ1) is 17.9. The van der Waals surface area contributed by atoms with Crippen molar-refractivity contribution in [3.63, 3.8) is 0 Å². The summed E-state index contributed by atoms with van der Waals surface area (Å²) >= 11 is 2.03. The fourth-order valence-electron chi connectivity index (χ4n) is 2.98. The molecule has 25 heavy (non-hydrogen) atoms. The highest BCUT2D eigenvalue weighted by Gasteiger charge is 2.28. The van der Waals surface area contributed by atoms with Crippen LogP contribution in [0.25, 0.3) is 11.3 Å². The predicted octanol–water partition coefficient (Wildman–Crippen LogP) is 3.37. The van der Waals surface area contributed by atoms with E-state index in [0.717, 1.165) is 48.4 Å². The minimum absolute atomic E-state index is 0.263. The monoisotopic (exact) mass is 357 g/mol. The number of aliphatic imine (C=N–C) groups is 1. The molecular weight excluding hydrogens is 330 g/mol. The maximum absolute atomic E-state index is 4.81. The van der Waals surface area contributed by atoms with Crippen LogP contribution in [-0.2, 0) is 6.54 Å². The van der Waals surface area contributed by atoms with Crippen LogP contribution in [0.15, 0.2) is 41.5 Å². The van der Waals surface area contributed by atoms with E-state index in [-0.39, 0.29) is 4.75 Å². The smallest absolute Gasteiger partial charge is 0.194 e. The van der Waals surface area contributed by atoms with E-state index < -0.39 is 0 Å². The van der Waals surface area contributed by atoms with Crippen molar-refractivity contribution in [1.82, 2.24) is 20.2 Å². The molecule has 0 saturated carbocycles. The van der Waals surface area contributed by atoms with E-state index in [4.69, 9.17) is 4.99 Å². The summed E-state index contributed by atoms with van der Waals surface area (Å²) in [7, 11) is 0. The van der Waals surface area contributed by atoms with E-state index in [1.807, 2.05) is 36.2 Å². The van der Waals surface area contributed by atoms with E-state index in [9.17, 15) is 0 Å². The van der Waals surface area contributed by atoms with Gasteiger partial charge in [0.25, 0.3) is 0 Å². The standard InChI is InChI=1S/C19H27N5S/c1-4-20-18(24-10-11-25-19(2,3)14-24)22-13-17-21-12-16(23-17)15-8-6-5-7-9-15/h5-9,12H,4,10-11,13-14H2,1-3H3,(H,20,22)(H,21,23). The van der Waals surface area contributed by atoms with Crippen molar-refractivity contribution < 1.29 is 0 Å². The molecule has 134 valence electrons. The number of benzene rings is 1. The van der Waals surface area contributed by atoms with Crippen molar-refractivity contribution in [2.75, 3.05) is 25.4 Å². The summed E-state index contributed by atoms with van der Waals surface area (Å²) in [4.78, 5) is 15.0. The van der Waals surface area contributed by atoms with Gasteiger partial charge in [0.1, 0.15) is 12.4 Å². The molecule has 0 atom stereocenters. The Bertz CT molecular complexity index is 708. The zero-order chi connectivity index (χ0) is 17.7. The second-order valence-corrected chi connectivity index (χ2v) is 8.61. The second kappa shape index (κ2) is 7.95. The van der Waals surface area contributed by atoms with Gasteiger partial charge in [-0.05, 0) is 26.3 Å². The van der Waals surface area contributed by atoms with Gasteiger partial charge in [-0.2, -0.15) is 11.8 Å². The molecule has 2 N–H and O–H groups in total. The number of nitrogens with one attached hydrogen (secondary N) is 2. The highest BCUT2D eigenvalue weighted by molar-refractivity contribution is 8.00. The number of thioether (sulfide) groups is 1. The second-order valence-electron chi connectivity index (χ2n) is 6.81. The topological polar surface area (TPSA) is 56.3 Å². The minimum atomic E-state index is 0.263. The number of nitrogens with zero attached hydrogens (tertiary/aromatic N) is 3. The maximum atomic E-state index is 4.81. The zero-order valence-corrected chi connectivity index (χ0v) is 16.1. The van der Waals surface area contributed by atoms with Crippen molar-refractivity contribution in [3.05, 3.63) is 42.4 Å². The average molecular weight is 358 g/mol. The molecule has 1 aliphatic rings. The lowest BCUT2D eigenvalue weighted by Crippen LogP contribution is -2.50. The molecule has 0 aliphatic carbocycles. The minimum Gasteiger partial charge on any atom is -0.357 e. The fraction of sp³-hybridized carbons (Fsp3) is 0.474. The van der Waals surface area contributed by atoms with Crippen LogP contribution in [0.1, 0.15) is 26.6 Å². The lowest BCUT2D eigenvalue weighted by molar-refractivity contribution is 0.375. The average Bonchev–Trinajstić information content (AvgIpc) is 3.07. The SMILES string of the molecule is CCNC(=NCc1ncc(-c2ccccc2)[nH]1)N1CCSC(C)(C)C1. The van der Waals surface area contributed by atoms with Gasteiger partial charge in [-0.25, -0.2) is 9.98 Å². The number of aromatic amines is 1. The molecule has 0 amide bonds. The third-order valence-electron chi connectivity index (χ3n) is 4.15. The Morgan fingerprint density at radius 1 is 1.36 bits per heavy atom. The Morgan fingerprint density at radius 2 is 2.16 bits per heavy atom. The number of hydrogen-bond acceptors (Lipinski definition) is 3. The maximum Gasteiger partial charge on any atom is 0.194 e. The van der Waals surface area contributed by atoms with E-state index in [1.165, 1.54) is 0 Å². The normalized spacial score (nSPS) is 17.6. The Hall–Kier alpha value is -1.95. The van der Waals surface area contributed by atoms with Gasteiger partial charge in [-0.3, -0.25) is 0 Å². The summed E-state index contributed by atoms with van der Waals surface area (Å²) < 4.78 is 0.263. The van der Waals surface area contributed by atoms with Crippen LogP contribution < -0.4 is 5.32 Å². The number of guanidine groups is 1. The highest BCUT2D eigenvalue weighted by atomic mass is 32.2. The van der Waals surface area contributed by atoms with Gasteiger partial charge in [0.2, 0.25) is 0 Å². The van der Waals surface area contributed by atoms with Crippen LogP contribution >= 0.6 is 11.8 Å². The molecule has 5 nitrogen and oxygen atoms in total. The lowest BCUT2D eigenvalue weighted by atomic mass is 10.2. The van der Waals surface area contributed by atoms with E-state index in [2.05, 4.69) is 53.1 Å². The van der Waals surface area contributed by atoms with E-state index >= 15 is 0 Å². The largest absolute Gasteiger partial charge is 0.357 e. The van der Waals surface area contributed by atoms with Gasteiger partial charge in [0.05, 0.1) is 11.9 Å². The van der Waals surface area contributed by atoms with Crippen LogP contribution in [0.5, 0.6) is 0 Å². The lowest BCUT2D eigenvalue weighted by Gasteiger charge is -2.39. The summed E-state index contributed by atoms with van der Waals surface area (Å²) in [6, 6.07) is 10.3. The molecule has 0 radical (unpaired) electrons. The molecule has 1 aromatic heterocycles. The van der Waals surface area contributed by atoms with Crippen LogP contribution in [0.2, 0.25) is 0 Å². The van der Waals surface area contributed by atoms with E-state index in [0.29, 0.717) is 6.54 Å². The molecule has 0 bridgehead atoms. The van der Waals surface area contributed by atoms with Crippen molar-refractivity contribution >= 4 is 17.7 Å². The fourth-order valence-corrected chi connectivity index (χ4v) is 4.09. The summed E-state index contributed by atoms with van der Waals surface area (Å²) in [6.45, 7) is 10.2. The third kappa shape index (κ3) is 4.78. The van der Waals surface area contributed by atoms with Gasteiger partial charge in [-0.1, -0.05) is 30.3 Å². The first-order valence-electron chi connectivity index (χ1n) is 8.84. The van der Waals surface area contributed by atoms with Gasteiger partial charge < -0.3 is 15.2 Å². The van der Waals surface area contributed by atoms with Gasteiger partial charge in [0.15, 0.2) is 5.96 Å². The summed E-state index contributed by atoms with van der Waals surface area (Å²) in [6.07, 6.45) is 1.88.